The molecule has 0 atom stereocenters. The Hall–Kier alpha value is -3.25. The number of rotatable bonds is 6. The Balaban J connectivity index is 1.85. The van der Waals surface area contributed by atoms with Crippen molar-refractivity contribution in [3.8, 4) is 22.8 Å². The average Bonchev–Trinajstić information content (AvgIpc) is 2.64. The van der Waals surface area contributed by atoms with Gasteiger partial charge in [0.05, 0.1) is 5.69 Å². The molecule has 26 heavy (non-hydrogen) atoms. The van der Waals surface area contributed by atoms with Crippen LogP contribution in [0.1, 0.15) is 16.1 Å². The van der Waals surface area contributed by atoms with Gasteiger partial charge in [0.1, 0.15) is 23.0 Å². The zero-order chi connectivity index (χ0) is 18.5. The third-order valence-electron chi connectivity index (χ3n) is 3.70. The van der Waals surface area contributed by atoms with Crippen LogP contribution >= 0.6 is 0 Å². The van der Waals surface area contributed by atoms with Gasteiger partial charge in [0.2, 0.25) is 0 Å². The van der Waals surface area contributed by atoms with E-state index in [0.29, 0.717) is 29.2 Å². The number of aromatic nitrogens is 1. The van der Waals surface area contributed by atoms with Gasteiger partial charge in [-0.3, -0.25) is 0 Å². The number of carboxylic acids is 1. The molecule has 6 heteroatoms. The number of nitrogens with zero attached hydrogens (tertiary/aromatic N) is 1. The molecule has 0 unspecified atom stereocenters. The van der Waals surface area contributed by atoms with E-state index in [1.165, 1.54) is 30.3 Å². The summed E-state index contributed by atoms with van der Waals surface area (Å²) in [5.74, 6) is -0.390. The van der Waals surface area contributed by atoms with Crippen LogP contribution in [0.2, 0.25) is 0 Å². The first-order valence-corrected chi connectivity index (χ1v) is 7.94. The number of aliphatic hydroxyl groups is 1. The summed E-state index contributed by atoms with van der Waals surface area (Å²) in [4.78, 5) is 15.4. The predicted molar refractivity (Wildman–Crippen MR) is 93.9 cm³/mol. The first-order chi connectivity index (χ1) is 12.5. The second kappa shape index (κ2) is 7.76. The molecule has 5 nitrogen and oxygen atoms in total. The minimum atomic E-state index is -1.12. The first-order valence-electron chi connectivity index (χ1n) is 7.94. The standard InChI is InChI=1S/C20H16FNO4/c21-15-3-7-17(8-4-15)26-16-5-1-14(2-6-16)18-11-13(9-10-23)12-19(22-18)20(24)25/h1-8,11-12,23H,9-10H2,(H,24,25). The summed E-state index contributed by atoms with van der Waals surface area (Å²) < 4.78 is 18.6. The summed E-state index contributed by atoms with van der Waals surface area (Å²) in [5, 5.41) is 18.3. The Labute approximate surface area is 149 Å². The quantitative estimate of drug-likeness (QED) is 0.702. The largest absolute Gasteiger partial charge is 0.477 e. The number of carboxylic acid groups (broad SMARTS) is 1. The van der Waals surface area contributed by atoms with E-state index in [4.69, 9.17) is 9.84 Å². The van der Waals surface area contributed by atoms with Crippen LogP contribution in [0, 0.1) is 5.82 Å². The molecule has 2 aromatic carbocycles. The monoisotopic (exact) mass is 353 g/mol. The molecule has 0 fully saturated rings. The number of ether oxygens (including phenoxy) is 1. The van der Waals surface area contributed by atoms with Gasteiger partial charge >= 0.3 is 5.97 Å². The molecule has 0 saturated heterocycles. The van der Waals surface area contributed by atoms with Crippen molar-refractivity contribution >= 4 is 5.97 Å². The highest BCUT2D eigenvalue weighted by Gasteiger charge is 2.10. The molecule has 0 spiro atoms. The van der Waals surface area contributed by atoms with Crippen LogP contribution in [-0.2, 0) is 6.42 Å². The molecule has 0 aliphatic rings. The van der Waals surface area contributed by atoms with E-state index in [1.807, 2.05) is 0 Å². The highest BCUT2D eigenvalue weighted by atomic mass is 19.1. The number of aliphatic hydroxyl groups excluding tert-OH is 1. The summed E-state index contributed by atoms with van der Waals surface area (Å²) in [5.41, 5.74) is 1.85. The predicted octanol–water partition coefficient (Wildman–Crippen LogP) is 3.91. The topological polar surface area (TPSA) is 79.7 Å². The third-order valence-corrected chi connectivity index (χ3v) is 3.70. The van der Waals surface area contributed by atoms with Gasteiger partial charge < -0.3 is 14.9 Å². The van der Waals surface area contributed by atoms with E-state index in [2.05, 4.69) is 4.98 Å². The van der Waals surface area contributed by atoms with Gasteiger partial charge in [0.25, 0.3) is 0 Å². The Morgan fingerprint density at radius 3 is 2.19 bits per heavy atom. The SMILES string of the molecule is O=C(O)c1cc(CCO)cc(-c2ccc(Oc3ccc(F)cc3)cc2)n1. The summed E-state index contributed by atoms with van der Waals surface area (Å²) in [6, 6.07) is 15.8. The van der Waals surface area contributed by atoms with Crippen molar-refractivity contribution in [3.05, 3.63) is 77.7 Å². The fourth-order valence-electron chi connectivity index (χ4n) is 2.45. The van der Waals surface area contributed by atoms with Crippen molar-refractivity contribution in [1.29, 1.82) is 0 Å². The number of hydrogen-bond donors (Lipinski definition) is 2. The van der Waals surface area contributed by atoms with Crippen LogP contribution in [0.25, 0.3) is 11.3 Å². The lowest BCUT2D eigenvalue weighted by atomic mass is 10.1. The lowest BCUT2D eigenvalue weighted by Crippen LogP contribution is -2.04. The summed E-state index contributed by atoms with van der Waals surface area (Å²) in [7, 11) is 0. The molecule has 0 aliphatic heterocycles. The van der Waals surface area contributed by atoms with Gasteiger partial charge in [-0.15, -0.1) is 0 Å². The van der Waals surface area contributed by atoms with Crippen LogP contribution in [-0.4, -0.2) is 27.8 Å². The molecule has 132 valence electrons. The number of benzene rings is 2. The summed E-state index contributed by atoms with van der Waals surface area (Å²) in [6.07, 6.45) is 0.349. The fourth-order valence-corrected chi connectivity index (χ4v) is 2.45. The average molecular weight is 353 g/mol. The Bertz CT molecular complexity index is 908. The van der Waals surface area contributed by atoms with Crippen molar-refractivity contribution < 1.29 is 24.1 Å². The Morgan fingerprint density at radius 1 is 1.00 bits per heavy atom. The van der Waals surface area contributed by atoms with Crippen LogP contribution in [0.15, 0.2) is 60.7 Å². The summed E-state index contributed by atoms with van der Waals surface area (Å²) in [6.45, 7) is -0.0764. The molecule has 0 saturated carbocycles. The minimum absolute atomic E-state index is 0.0717. The van der Waals surface area contributed by atoms with E-state index in [-0.39, 0.29) is 18.1 Å². The van der Waals surface area contributed by atoms with E-state index in [0.717, 1.165) is 5.56 Å². The van der Waals surface area contributed by atoms with Crippen molar-refractivity contribution in [1.82, 2.24) is 4.98 Å². The lowest BCUT2D eigenvalue weighted by molar-refractivity contribution is 0.0690. The molecule has 0 amide bonds. The number of hydrogen-bond acceptors (Lipinski definition) is 4. The van der Waals surface area contributed by atoms with Gasteiger partial charge in [-0.2, -0.15) is 0 Å². The van der Waals surface area contributed by atoms with E-state index < -0.39 is 5.97 Å². The minimum Gasteiger partial charge on any atom is -0.477 e. The molecule has 1 aromatic heterocycles. The molecular formula is C20H16FNO4. The molecular weight excluding hydrogens is 337 g/mol. The van der Waals surface area contributed by atoms with Crippen molar-refractivity contribution in [2.45, 2.75) is 6.42 Å². The van der Waals surface area contributed by atoms with Crippen LogP contribution in [0.3, 0.4) is 0 Å². The smallest absolute Gasteiger partial charge is 0.354 e. The normalized spacial score (nSPS) is 10.5. The molecule has 0 bridgehead atoms. The fraction of sp³-hybridized carbons (Fsp3) is 0.100. The maximum atomic E-state index is 12.9. The van der Waals surface area contributed by atoms with Crippen molar-refractivity contribution in [3.63, 3.8) is 0 Å². The maximum Gasteiger partial charge on any atom is 0.354 e. The first kappa shape index (κ1) is 17.6. The van der Waals surface area contributed by atoms with Crippen LogP contribution < -0.4 is 4.74 Å². The third kappa shape index (κ3) is 4.23. The molecule has 1 heterocycles. The Morgan fingerprint density at radius 2 is 1.62 bits per heavy atom. The molecule has 0 radical (unpaired) electrons. The molecule has 0 aliphatic carbocycles. The second-order valence-corrected chi connectivity index (χ2v) is 5.60. The van der Waals surface area contributed by atoms with E-state index >= 15 is 0 Å². The number of pyridine rings is 1. The van der Waals surface area contributed by atoms with Gasteiger partial charge in [-0.05, 0) is 72.6 Å². The van der Waals surface area contributed by atoms with Crippen LogP contribution in [0.4, 0.5) is 4.39 Å². The van der Waals surface area contributed by atoms with Crippen molar-refractivity contribution in [2.75, 3.05) is 6.61 Å². The molecule has 3 rings (SSSR count). The Kier molecular flexibility index (Phi) is 5.24. The maximum absolute atomic E-state index is 12.9. The zero-order valence-corrected chi connectivity index (χ0v) is 13.7. The van der Waals surface area contributed by atoms with E-state index in [1.54, 1.807) is 30.3 Å². The zero-order valence-electron chi connectivity index (χ0n) is 13.7. The molecule has 3 aromatic rings. The number of aromatic carboxylic acids is 1. The van der Waals surface area contributed by atoms with Gasteiger partial charge in [-0.1, -0.05) is 0 Å². The van der Waals surface area contributed by atoms with Crippen molar-refractivity contribution in [2.24, 2.45) is 0 Å². The number of carbonyl (C=O) groups is 1. The van der Waals surface area contributed by atoms with Crippen LogP contribution in [0.5, 0.6) is 11.5 Å². The highest BCUT2D eigenvalue weighted by Crippen LogP contribution is 2.26. The van der Waals surface area contributed by atoms with Gasteiger partial charge in [0, 0.05) is 12.2 Å². The second-order valence-electron chi connectivity index (χ2n) is 5.60. The highest BCUT2D eigenvalue weighted by molar-refractivity contribution is 5.86. The molecule has 2 N–H and O–H groups in total. The van der Waals surface area contributed by atoms with Gasteiger partial charge in [-0.25, -0.2) is 14.2 Å². The summed E-state index contributed by atoms with van der Waals surface area (Å²) >= 11 is 0. The van der Waals surface area contributed by atoms with Gasteiger partial charge in [0.15, 0.2) is 0 Å². The lowest BCUT2D eigenvalue weighted by Gasteiger charge is -2.09. The van der Waals surface area contributed by atoms with E-state index in [9.17, 15) is 14.3 Å². The number of halogens is 1.